The summed E-state index contributed by atoms with van der Waals surface area (Å²) >= 11 is 0. The van der Waals surface area contributed by atoms with Gasteiger partial charge in [0.2, 0.25) is 0 Å². The summed E-state index contributed by atoms with van der Waals surface area (Å²) in [6.45, 7) is 4.46. The number of aryl methyl sites for hydroxylation is 1. The van der Waals surface area contributed by atoms with Crippen molar-refractivity contribution < 1.29 is 0 Å². The first kappa shape index (κ1) is 16.9. The largest absolute Gasteiger partial charge is 0.341 e. The SMILES string of the molecule is Cc1nc(=O)c2ccccc2n1C1=CCN(Cc2nc3ccccc3[nH]2)CC1. The highest BCUT2D eigenvalue weighted by Gasteiger charge is 2.17. The van der Waals surface area contributed by atoms with Gasteiger partial charge >= 0.3 is 0 Å². The Morgan fingerprint density at radius 3 is 2.71 bits per heavy atom. The molecule has 140 valence electrons. The van der Waals surface area contributed by atoms with Crippen molar-refractivity contribution in [2.75, 3.05) is 13.1 Å². The fraction of sp³-hybridized carbons (Fsp3) is 0.227. The highest BCUT2D eigenvalue weighted by atomic mass is 16.1. The van der Waals surface area contributed by atoms with Crippen molar-refractivity contribution in [3.8, 4) is 0 Å². The molecule has 3 heterocycles. The molecule has 0 bridgehead atoms. The van der Waals surface area contributed by atoms with Crippen molar-refractivity contribution >= 4 is 27.6 Å². The lowest BCUT2D eigenvalue weighted by Crippen LogP contribution is -2.30. The predicted molar refractivity (Wildman–Crippen MR) is 111 cm³/mol. The molecule has 5 rings (SSSR count). The number of nitrogens with one attached hydrogen (secondary N) is 1. The number of H-pyrrole nitrogens is 1. The van der Waals surface area contributed by atoms with Gasteiger partial charge in [-0.2, -0.15) is 4.98 Å². The Hall–Kier alpha value is -3.25. The van der Waals surface area contributed by atoms with Crippen molar-refractivity contribution in [3.63, 3.8) is 0 Å². The van der Waals surface area contributed by atoms with Crippen LogP contribution in [0.1, 0.15) is 18.1 Å². The van der Waals surface area contributed by atoms with Gasteiger partial charge in [-0.3, -0.25) is 9.69 Å². The second kappa shape index (κ2) is 6.73. The fourth-order valence-corrected chi connectivity index (χ4v) is 3.98. The van der Waals surface area contributed by atoms with Crippen molar-refractivity contribution in [2.24, 2.45) is 0 Å². The van der Waals surface area contributed by atoms with Gasteiger partial charge < -0.3 is 9.55 Å². The third-order valence-electron chi connectivity index (χ3n) is 5.33. The van der Waals surface area contributed by atoms with Crippen LogP contribution in [-0.4, -0.2) is 37.5 Å². The molecule has 0 fully saturated rings. The first-order valence-corrected chi connectivity index (χ1v) is 9.53. The lowest BCUT2D eigenvalue weighted by molar-refractivity contribution is 0.285. The Morgan fingerprint density at radius 1 is 1.07 bits per heavy atom. The Bertz CT molecular complexity index is 1230. The molecule has 2 aromatic carbocycles. The van der Waals surface area contributed by atoms with Gasteiger partial charge in [0.15, 0.2) is 0 Å². The highest BCUT2D eigenvalue weighted by molar-refractivity contribution is 5.81. The molecular weight excluding hydrogens is 350 g/mol. The van der Waals surface area contributed by atoms with Crippen molar-refractivity contribution in [2.45, 2.75) is 19.9 Å². The summed E-state index contributed by atoms with van der Waals surface area (Å²) in [5.74, 6) is 1.73. The average Bonchev–Trinajstić information content (AvgIpc) is 3.11. The summed E-state index contributed by atoms with van der Waals surface area (Å²) in [5.41, 5.74) is 4.05. The molecule has 0 saturated heterocycles. The molecule has 2 aromatic heterocycles. The number of hydrogen-bond donors (Lipinski definition) is 1. The average molecular weight is 371 g/mol. The minimum absolute atomic E-state index is 0.160. The Morgan fingerprint density at radius 2 is 1.89 bits per heavy atom. The lowest BCUT2D eigenvalue weighted by atomic mass is 10.1. The lowest BCUT2D eigenvalue weighted by Gasteiger charge is -2.27. The van der Waals surface area contributed by atoms with Gasteiger partial charge in [-0.1, -0.05) is 30.3 Å². The molecule has 6 heteroatoms. The molecule has 0 aliphatic carbocycles. The summed E-state index contributed by atoms with van der Waals surface area (Å²) in [6.07, 6.45) is 3.13. The van der Waals surface area contributed by atoms with Gasteiger partial charge in [-0.15, -0.1) is 0 Å². The van der Waals surface area contributed by atoms with Gasteiger partial charge in [0, 0.05) is 25.2 Å². The Labute approximate surface area is 162 Å². The number of fused-ring (bicyclic) bond motifs is 2. The molecular formula is C22H21N5O. The normalized spacial score (nSPS) is 15.2. The minimum Gasteiger partial charge on any atom is -0.341 e. The molecule has 1 N–H and O–H groups in total. The third kappa shape index (κ3) is 2.92. The van der Waals surface area contributed by atoms with Crippen LogP contribution in [0.25, 0.3) is 27.6 Å². The van der Waals surface area contributed by atoms with Crippen LogP contribution >= 0.6 is 0 Å². The van der Waals surface area contributed by atoms with E-state index in [4.69, 9.17) is 0 Å². The van der Waals surface area contributed by atoms with Gasteiger partial charge in [0.25, 0.3) is 5.56 Å². The summed E-state index contributed by atoms with van der Waals surface area (Å²) in [4.78, 5) is 26.9. The van der Waals surface area contributed by atoms with Crippen molar-refractivity contribution in [3.05, 3.63) is 76.6 Å². The quantitative estimate of drug-likeness (QED) is 0.600. The smallest absolute Gasteiger partial charge is 0.280 e. The van der Waals surface area contributed by atoms with Crippen molar-refractivity contribution in [1.29, 1.82) is 0 Å². The fourth-order valence-electron chi connectivity index (χ4n) is 3.98. The molecule has 0 saturated carbocycles. The van der Waals surface area contributed by atoms with Crippen LogP contribution in [-0.2, 0) is 6.54 Å². The molecule has 0 unspecified atom stereocenters. The predicted octanol–water partition coefficient (Wildman–Crippen LogP) is 3.33. The highest BCUT2D eigenvalue weighted by Crippen LogP contribution is 2.23. The molecule has 0 atom stereocenters. The molecule has 6 nitrogen and oxygen atoms in total. The number of hydrogen-bond acceptors (Lipinski definition) is 4. The zero-order valence-corrected chi connectivity index (χ0v) is 15.7. The maximum absolute atomic E-state index is 12.2. The van der Waals surface area contributed by atoms with E-state index in [1.165, 1.54) is 5.70 Å². The standard InChI is InChI=1S/C22H21N5O/c1-15-23-22(28)17-6-2-5-9-20(17)27(15)16-10-12-26(13-11-16)14-21-24-18-7-3-4-8-19(18)25-21/h2-10H,11-14H2,1H3,(H,24,25). The first-order valence-electron chi connectivity index (χ1n) is 9.53. The molecule has 0 spiro atoms. The summed E-state index contributed by atoms with van der Waals surface area (Å²) in [6, 6.07) is 15.8. The number of aromatic amines is 1. The van der Waals surface area contributed by atoms with Crippen LogP contribution in [0.2, 0.25) is 0 Å². The van der Waals surface area contributed by atoms with Crippen LogP contribution in [0.4, 0.5) is 0 Å². The number of nitrogens with zero attached hydrogens (tertiary/aromatic N) is 4. The van der Waals surface area contributed by atoms with Gasteiger partial charge in [-0.25, -0.2) is 4.98 Å². The van der Waals surface area contributed by atoms with Gasteiger partial charge in [-0.05, 0) is 31.2 Å². The maximum atomic E-state index is 12.2. The van der Waals surface area contributed by atoms with Crippen LogP contribution in [0, 0.1) is 6.92 Å². The third-order valence-corrected chi connectivity index (χ3v) is 5.33. The van der Waals surface area contributed by atoms with Gasteiger partial charge in [0.1, 0.15) is 11.6 Å². The zero-order chi connectivity index (χ0) is 19.1. The van der Waals surface area contributed by atoms with E-state index < -0.39 is 0 Å². The Kier molecular flexibility index (Phi) is 4.06. The van der Waals surface area contributed by atoms with E-state index in [0.29, 0.717) is 5.39 Å². The number of benzene rings is 2. The number of imidazole rings is 1. The Balaban J connectivity index is 1.42. The monoisotopic (exact) mass is 371 g/mol. The number of para-hydroxylation sites is 3. The summed E-state index contributed by atoms with van der Waals surface area (Å²) in [7, 11) is 0. The molecule has 1 aliphatic heterocycles. The number of aromatic nitrogens is 4. The van der Waals surface area contributed by atoms with Crippen LogP contribution < -0.4 is 5.56 Å². The van der Waals surface area contributed by atoms with Crippen LogP contribution in [0.15, 0.2) is 59.4 Å². The van der Waals surface area contributed by atoms with E-state index >= 15 is 0 Å². The second-order valence-corrected chi connectivity index (χ2v) is 7.20. The summed E-state index contributed by atoms with van der Waals surface area (Å²) in [5, 5.41) is 0.665. The zero-order valence-electron chi connectivity index (χ0n) is 15.7. The van der Waals surface area contributed by atoms with Crippen LogP contribution in [0.5, 0.6) is 0 Å². The van der Waals surface area contributed by atoms with Crippen LogP contribution in [0.3, 0.4) is 0 Å². The maximum Gasteiger partial charge on any atom is 0.280 e. The van der Waals surface area contributed by atoms with E-state index in [2.05, 4.69) is 36.6 Å². The van der Waals surface area contributed by atoms with E-state index in [0.717, 1.165) is 54.3 Å². The summed E-state index contributed by atoms with van der Waals surface area (Å²) < 4.78 is 2.12. The van der Waals surface area contributed by atoms with E-state index in [1.54, 1.807) is 0 Å². The minimum atomic E-state index is -0.160. The molecule has 28 heavy (non-hydrogen) atoms. The molecule has 0 radical (unpaired) electrons. The first-order chi connectivity index (χ1) is 13.7. The second-order valence-electron chi connectivity index (χ2n) is 7.20. The molecule has 0 amide bonds. The molecule has 1 aliphatic rings. The van der Waals surface area contributed by atoms with E-state index in [9.17, 15) is 4.79 Å². The van der Waals surface area contributed by atoms with Crippen molar-refractivity contribution in [1.82, 2.24) is 24.4 Å². The topological polar surface area (TPSA) is 66.8 Å². The van der Waals surface area contributed by atoms with E-state index in [-0.39, 0.29) is 5.56 Å². The molecule has 4 aromatic rings. The van der Waals surface area contributed by atoms with E-state index in [1.807, 2.05) is 49.4 Å². The van der Waals surface area contributed by atoms with Gasteiger partial charge in [0.05, 0.1) is 28.5 Å². The number of rotatable bonds is 3.